The van der Waals surface area contributed by atoms with E-state index in [4.69, 9.17) is 5.73 Å². The lowest BCUT2D eigenvalue weighted by Gasteiger charge is -2.00. The minimum absolute atomic E-state index is 0.610. The van der Waals surface area contributed by atoms with Crippen LogP contribution in [0, 0.1) is 0 Å². The van der Waals surface area contributed by atoms with Crippen LogP contribution in [0.4, 0.5) is 0 Å². The minimum atomic E-state index is -3.25. The molecule has 0 spiro atoms. The zero-order chi connectivity index (χ0) is 12.5. The Bertz CT molecular complexity index is 629. The second-order valence-electron chi connectivity index (χ2n) is 4.12. The summed E-state index contributed by atoms with van der Waals surface area (Å²) in [6, 6.07) is 7.53. The summed E-state index contributed by atoms with van der Waals surface area (Å²) in [4.78, 5) is 0. The topological polar surface area (TPSA) is 65.1 Å². The maximum absolute atomic E-state index is 11.7. The van der Waals surface area contributed by atoms with Crippen molar-refractivity contribution in [2.45, 2.75) is 12.8 Å². The number of aryl methyl sites for hydroxylation is 1. The highest BCUT2D eigenvalue weighted by atomic mass is 32.2. The summed E-state index contributed by atoms with van der Waals surface area (Å²) >= 11 is 0. The van der Waals surface area contributed by atoms with Gasteiger partial charge in [-0.05, 0) is 31.0 Å². The van der Waals surface area contributed by atoms with Gasteiger partial charge in [-0.3, -0.25) is 0 Å². The highest BCUT2D eigenvalue weighted by molar-refractivity contribution is 7.89. The number of nitrogens with two attached hydrogens (primary N) is 1. The van der Waals surface area contributed by atoms with Crippen molar-refractivity contribution >= 4 is 20.9 Å². The maximum atomic E-state index is 11.7. The van der Waals surface area contributed by atoms with Gasteiger partial charge in [-0.25, -0.2) is 12.4 Å². The molecule has 2 aromatic rings. The standard InChI is InChI=1S/C12H16N2O2S/c1-17(15,16)14-9-10(5-4-8-13)11-6-2-3-7-12(11)14/h2-3,6-7,9H,4-5,8,13H2,1H3. The number of hydrogen-bond acceptors (Lipinski definition) is 3. The lowest BCUT2D eigenvalue weighted by atomic mass is 10.1. The molecule has 0 aliphatic carbocycles. The Morgan fingerprint density at radius 3 is 2.65 bits per heavy atom. The van der Waals surface area contributed by atoms with E-state index in [0.717, 1.165) is 29.3 Å². The molecule has 17 heavy (non-hydrogen) atoms. The molecule has 4 nitrogen and oxygen atoms in total. The van der Waals surface area contributed by atoms with Crippen LogP contribution in [0.5, 0.6) is 0 Å². The van der Waals surface area contributed by atoms with Gasteiger partial charge in [0.2, 0.25) is 10.0 Å². The number of benzene rings is 1. The first-order valence-electron chi connectivity index (χ1n) is 5.53. The number of rotatable bonds is 4. The molecule has 0 aliphatic rings. The van der Waals surface area contributed by atoms with E-state index >= 15 is 0 Å². The molecule has 1 aromatic carbocycles. The molecule has 92 valence electrons. The molecule has 0 aliphatic heterocycles. The number of fused-ring (bicyclic) bond motifs is 1. The molecule has 0 saturated heterocycles. The van der Waals surface area contributed by atoms with E-state index in [9.17, 15) is 8.42 Å². The minimum Gasteiger partial charge on any atom is -0.330 e. The summed E-state index contributed by atoms with van der Waals surface area (Å²) < 4.78 is 24.7. The van der Waals surface area contributed by atoms with E-state index in [1.807, 2.05) is 24.3 Å². The molecule has 0 unspecified atom stereocenters. The molecule has 1 aromatic heterocycles. The number of hydrogen-bond donors (Lipinski definition) is 1. The van der Waals surface area contributed by atoms with Crippen molar-refractivity contribution in [3.8, 4) is 0 Å². The second kappa shape index (κ2) is 4.50. The fourth-order valence-corrected chi connectivity index (χ4v) is 2.82. The highest BCUT2D eigenvalue weighted by Gasteiger charge is 2.13. The number of nitrogens with zero attached hydrogens (tertiary/aromatic N) is 1. The van der Waals surface area contributed by atoms with Crippen molar-refractivity contribution < 1.29 is 8.42 Å². The van der Waals surface area contributed by atoms with Crippen LogP contribution in [0.1, 0.15) is 12.0 Å². The quantitative estimate of drug-likeness (QED) is 0.893. The van der Waals surface area contributed by atoms with E-state index in [1.165, 1.54) is 10.2 Å². The van der Waals surface area contributed by atoms with Crippen LogP contribution in [0.3, 0.4) is 0 Å². The molecule has 0 fully saturated rings. The van der Waals surface area contributed by atoms with Gasteiger partial charge in [-0.15, -0.1) is 0 Å². The maximum Gasteiger partial charge on any atom is 0.236 e. The van der Waals surface area contributed by atoms with Crippen LogP contribution in [-0.2, 0) is 16.4 Å². The average Bonchev–Trinajstić information content (AvgIpc) is 2.65. The Balaban J connectivity index is 2.63. The Labute approximate surface area is 101 Å². The van der Waals surface area contributed by atoms with Crippen LogP contribution in [0.15, 0.2) is 30.5 Å². The van der Waals surface area contributed by atoms with Crippen LogP contribution in [0.25, 0.3) is 10.9 Å². The number of para-hydroxylation sites is 1. The third kappa shape index (κ3) is 2.35. The van der Waals surface area contributed by atoms with Gasteiger partial charge >= 0.3 is 0 Å². The summed E-state index contributed by atoms with van der Waals surface area (Å²) in [5, 5.41) is 0.992. The van der Waals surface area contributed by atoms with Gasteiger partial charge in [0.15, 0.2) is 0 Å². The summed E-state index contributed by atoms with van der Waals surface area (Å²) in [6.45, 7) is 0.610. The SMILES string of the molecule is CS(=O)(=O)n1cc(CCCN)c2ccccc21. The van der Waals surface area contributed by atoms with Gasteiger partial charge < -0.3 is 5.73 Å². The van der Waals surface area contributed by atoms with Crippen molar-refractivity contribution in [3.05, 3.63) is 36.0 Å². The second-order valence-corrected chi connectivity index (χ2v) is 5.98. The first-order chi connectivity index (χ1) is 8.04. The lowest BCUT2D eigenvalue weighted by Crippen LogP contribution is -2.08. The van der Waals surface area contributed by atoms with E-state index < -0.39 is 10.0 Å². The van der Waals surface area contributed by atoms with Gasteiger partial charge in [0.25, 0.3) is 0 Å². The molecule has 1 heterocycles. The van der Waals surface area contributed by atoms with Gasteiger partial charge in [0.05, 0.1) is 11.8 Å². The van der Waals surface area contributed by atoms with Crippen molar-refractivity contribution in [1.29, 1.82) is 0 Å². The Morgan fingerprint density at radius 2 is 2.00 bits per heavy atom. The van der Waals surface area contributed by atoms with Crippen molar-refractivity contribution in [3.63, 3.8) is 0 Å². The monoisotopic (exact) mass is 252 g/mol. The molecule has 2 N–H and O–H groups in total. The summed E-state index contributed by atoms with van der Waals surface area (Å²) in [7, 11) is -3.25. The highest BCUT2D eigenvalue weighted by Crippen LogP contribution is 2.23. The largest absolute Gasteiger partial charge is 0.330 e. The predicted molar refractivity (Wildman–Crippen MR) is 69.6 cm³/mol. The molecule has 0 atom stereocenters. The molecule has 0 radical (unpaired) electrons. The number of aromatic nitrogens is 1. The van der Waals surface area contributed by atoms with Crippen molar-refractivity contribution in [2.75, 3.05) is 12.8 Å². The molecular weight excluding hydrogens is 236 g/mol. The average molecular weight is 252 g/mol. The van der Waals surface area contributed by atoms with E-state index in [0.29, 0.717) is 6.54 Å². The summed E-state index contributed by atoms with van der Waals surface area (Å²) in [5.41, 5.74) is 7.26. The van der Waals surface area contributed by atoms with E-state index in [-0.39, 0.29) is 0 Å². The van der Waals surface area contributed by atoms with Crippen LogP contribution in [0.2, 0.25) is 0 Å². The molecule has 2 rings (SSSR count). The predicted octanol–water partition coefficient (Wildman–Crippen LogP) is 1.34. The third-order valence-corrected chi connectivity index (χ3v) is 3.78. The molecule has 0 bridgehead atoms. The van der Waals surface area contributed by atoms with Gasteiger partial charge in [-0.2, -0.15) is 0 Å². The Hall–Kier alpha value is -1.33. The normalized spacial score (nSPS) is 12.1. The zero-order valence-electron chi connectivity index (χ0n) is 9.76. The Morgan fingerprint density at radius 1 is 1.29 bits per heavy atom. The van der Waals surface area contributed by atoms with Gasteiger partial charge in [-0.1, -0.05) is 18.2 Å². The van der Waals surface area contributed by atoms with E-state index in [2.05, 4.69) is 0 Å². The van der Waals surface area contributed by atoms with Crippen LogP contribution >= 0.6 is 0 Å². The lowest BCUT2D eigenvalue weighted by molar-refractivity contribution is 0.595. The first-order valence-corrected chi connectivity index (χ1v) is 7.38. The van der Waals surface area contributed by atoms with Gasteiger partial charge in [0, 0.05) is 11.6 Å². The van der Waals surface area contributed by atoms with Crippen LogP contribution in [-0.4, -0.2) is 25.2 Å². The fraction of sp³-hybridized carbons (Fsp3) is 0.333. The van der Waals surface area contributed by atoms with Crippen molar-refractivity contribution in [1.82, 2.24) is 3.97 Å². The third-order valence-electron chi connectivity index (χ3n) is 2.77. The first kappa shape index (κ1) is 12.1. The van der Waals surface area contributed by atoms with Crippen molar-refractivity contribution in [2.24, 2.45) is 5.73 Å². The molecule has 0 saturated carbocycles. The Kier molecular flexibility index (Phi) is 3.22. The smallest absolute Gasteiger partial charge is 0.236 e. The molecule has 5 heteroatoms. The van der Waals surface area contributed by atoms with E-state index in [1.54, 1.807) is 6.20 Å². The summed E-state index contributed by atoms with van der Waals surface area (Å²) in [5.74, 6) is 0. The molecular formula is C12H16N2O2S. The summed E-state index contributed by atoms with van der Waals surface area (Å²) in [6.07, 6.45) is 4.58. The molecule has 0 amide bonds. The van der Waals surface area contributed by atoms with Crippen LogP contribution < -0.4 is 5.73 Å². The van der Waals surface area contributed by atoms with Gasteiger partial charge in [0.1, 0.15) is 0 Å². The fourth-order valence-electron chi connectivity index (χ4n) is 1.98. The zero-order valence-corrected chi connectivity index (χ0v) is 10.6.